The van der Waals surface area contributed by atoms with Gasteiger partial charge < -0.3 is 32.8 Å². The highest BCUT2D eigenvalue weighted by Crippen LogP contribution is 2.31. The Morgan fingerprint density at radius 3 is 2.03 bits per heavy atom. The molecular weight excluding hydrogens is 468 g/mol. The number of carbonyl (C=O) groups excluding carboxylic acids is 4. The van der Waals surface area contributed by atoms with Crippen molar-refractivity contribution in [1.29, 1.82) is 0 Å². The van der Waals surface area contributed by atoms with Crippen LogP contribution in [0.15, 0.2) is 39.5 Å². The second-order valence-corrected chi connectivity index (χ2v) is 7.64. The molecule has 0 amide bonds. The molecule has 0 bridgehead atoms. The Balaban J connectivity index is 2.01. The molecule has 2 aromatic rings. The van der Waals surface area contributed by atoms with E-state index in [9.17, 15) is 24.0 Å². The summed E-state index contributed by atoms with van der Waals surface area (Å²) in [5.74, 6) is -2.73. The van der Waals surface area contributed by atoms with Gasteiger partial charge in [0.2, 0.25) is 12.4 Å². The van der Waals surface area contributed by atoms with Crippen LogP contribution in [0.2, 0.25) is 0 Å². The Labute approximate surface area is 199 Å². The van der Waals surface area contributed by atoms with E-state index in [0.29, 0.717) is 5.39 Å². The number of fused-ring (bicyclic) bond motifs is 1. The number of hydrogen-bond donors (Lipinski definition) is 0. The van der Waals surface area contributed by atoms with Gasteiger partial charge in [0.25, 0.3) is 0 Å². The fourth-order valence-corrected chi connectivity index (χ4v) is 3.53. The van der Waals surface area contributed by atoms with Crippen molar-refractivity contribution >= 4 is 34.8 Å². The topological polar surface area (TPSA) is 154 Å². The molecule has 1 aromatic heterocycles. The number of esters is 4. The molecule has 3 rings (SSSR count). The van der Waals surface area contributed by atoms with Crippen LogP contribution in [0.5, 0.6) is 5.75 Å². The molecule has 1 aliphatic heterocycles. The Kier molecular flexibility index (Phi) is 8.07. The first kappa shape index (κ1) is 25.7. The van der Waals surface area contributed by atoms with E-state index in [2.05, 4.69) is 0 Å². The highest BCUT2D eigenvalue weighted by atomic mass is 16.7. The molecule has 12 nitrogen and oxygen atoms in total. The van der Waals surface area contributed by atoms with E-state index in [4.69, 9.17) is 32.8 Å². The molecule has 0 spiro atoms. The maximum atomic E-state index is 11.9. The smallest absolute Gasteiger partial charge is 0.336 e. The van der Waals surface area contributed by atoms with Crippen LogP contribution in [-0.2, 0) is 42.9 Å². The minimum absolute atomic E-state index is 0.160. The van der Waals surface area contributed by atoms with E-state index < -0.39 is 60.2 Å². The van der Waals surface area contributed by atoms with Gasteiger partial charge in [-0.3, -0.25) is 19.2 Å². The highest BCUT2D eigenvalue weighted by Gasteiger charge is 2.53. The Morgan fingerprint density at radius 1 is 0.800 bits per heavy atom. The van der Waals surface area contributed by atoms with Crippen LogP contribution < -0.4 is 10.4 Å². The van der Waals surface area contributed by atoms with Crippen LogP contribution in [-0.4, -0.2) is 61.2 Å². The first-order valence-electron chi connectivity index (χ1n) is 10.5. The second-order valence-electron chi connectivity index (χ2n) is 7.64. The Hall–Kier alpha value is -3.93. The third kappa shape index (κ3) is 6.79. The summed E-state index contributed by atoms with van der Waals surface area (Å²) >= 11 is 0. The number of benzene rings is 1. The lowest BCUT2D eigenvalue weighted by atomic mass is 9.98. The minimum atomic E-state index is -1.40. The van der Waals surface area contributed by atoms with Crippen LogP contribution in [0.4, 0.5) is 0 Å². The number of carbonyl (C=O) groups is 4. The van der Waals surface area contributed by atoms with E-state index in [1.807, 2.05) is 0 Å². The summed E-state index contributed by atoms with van der Waals surface area (Å²) in [6.45, 7) is 4.15. The monoisotopic (exact) mass is 492 g/mol. The summed E-state index contributed by atoms with van der Waals surface area (Å²) in [6.07, 6.45) is -6.59. The van der Waals surface area contributed by atoms with E-state index in [1.54, 1.807) is 18.2 Å². The number of hydrogen-bond acceptors (Lipinski definition) is 12. The molecule has 1 aliphatic rings. The first-order chi connectivity index (χ1) is 16.5. The van der Waals surface area contributed by atoms with Crippen molar-refractivity contribution in [3.8, 4) is 5.75 Å². The predicted molar refractivity (Wildman–Crippen MR) is 115 cm³/mol. The Morgan fingerprint density at radius 2 is 1.40 bits per heavy atom. The summed E-state index contributed by atoms with van der Waals surface area (Å²) in [5.41, 5.74) is -0.345. The molecule has 1 saturated heterocycles. The number of ether oxygens (including phenoxy) is 6. The van der Waals surface area contributed by atoms with Gasteiger partial charge in [-0.25, -0.2) is 4.79 Å². The second kappa shape index (κ2) is 11.0. The third-order valence-corrected chi connectivity index (χ3v) is 4.79. The lowest BCUT2D eigenvalue weighted by Crippen LogP contribution is -2.63. The van der Waals surface area contributed by atoms with Crippen LogP contribution in [0.25, 0.3) is 11.0 Å². The molecular formula is C23H24O12. The Bertz CT molecular complexity index is 1170. The highest BCUT2D eigenvalue weighted by molar-refractivity contribution is 5.77. The van der Waals surface area contributed by atoms with Crippen molar-refractivity contribution in [2.45, 2.75) is 58.4 Å². The number of rotatable bonds is 7. The van der Waals surface area contributed by atoms with Gasteiger partial charge in [0.1, 0.15) is 24.0 Å². The van der Waals surface area contributed by atoms with Gasteiger partial charge >= 0.3 is 29.5 Å². The average molecular weight is 492 g/mol. The SMILES string of the molecule is CC(=O)OC[C@H]1O[C@@H](Oc2ccc3ccc(=O)oc3c2)[C@H](OC(C)=O)[C@@H](OC(C)=O)[C@@H]1OC(C)=O. The van der Waals surface area contributed by atoms with Gasteiger partial charge in [0.15, 0.2) is 12.2 Å². The van der Waals surface area contributed by atoms with Crippen LogP contribution >= 0.6 is 0 Å². The van der Waals surface area contributed by atoms with Crippen LogP contribution in [0.1, 0.15) is 27.7 Å². The molecule has 0 saturated carbocycles. The maximum Gasteiger partial charge on any atom is 0.336 e. The van der Waals surface area contributed by atoms with Crippen molar-refractivity contribution in [3.63, 3.8) is 0 Å². The first-order valence-corrected chi connectivity index (χ1v) is 10.5. The van der Waals surface area contributed by atoms with E-state index in [-0.39, 0.29) is 17.9 Å². The van der Waals surface area contributed by atoms with E-state index in [1.165, 1.54) is 19.1 Å². The minimum Gasteiger partial charge on any atom is -0.463 e. The molecule has 0 radical (unpaired) electrons. The molecule has 0 unspecified atom stereocenters. The molecule has 0 N–H and O–H groups in total. The third-order valence-electron chi connectivity index (χ3n) is 4.79. The van der Waals surface area contributed by atoms with Crippen LogP contribution in [0, 0.1) is 0 Å². The molecule has 5 atom stereocenters. The normalized spacial score (nSPS) is 23.7. The molecule has 1 fully saturated rings. The van der Waals surface area contributed by atoms with Gasteiger partial charge in [-0.05, 0) is 18.2 Å². The predicted octanol–water partition coefficient (Wildman–Crippen LogP) is 1.25. The fraction of sp³-hybridized carbons (Fsp3) is 0.435. The lowest BCUT2D eigenvalue weighted by molar-refractivity contribution is -0.288. The largest absolute Gasteiger partial charge is 0.463 e. The molecule has 2 heterocycles. The molecule has 0 aliphatic carbocycles. The van der Waals surface area contributed by atoms with Crippen molar-refractivity contribution in [2.24, 2.45) is 0 Å². The zero-order chi connectivity index (χ0) is 25.7. The summed E-state index contributed by atoms with van der Waals surface area (Å²) < 4.78 is 37.9. The van der Waals surface area contributed by atoms with Crippen LogP contribution in [0.3, 0.4) is 0 Å². The van der Waals surface area contributed by atoms with Crippen molar-refractivity contribution < 1.29 is 52.0 Å². The maximum absolute atomic E-state index is 11.9. The summed E-state index contributed by atoms with van der Waals surface area (Å²) in [6, 6.07) is 7.43. The zero-order valence-electron chi connectivity index (χ0n) is 19.4. The standard InChI is InChI=1S/C23H24O12/c1-11(24)29-10-18-20(30-12(2)25)21(31-13(3)26)22(32-14(4)27)23(35-18)33-16-7-5-15-6-8-19(28)34-17(15)9-16/h5-9,18,20-23H,10H2,1-4H3/t18-,20-,21+,22-,23-/m1/s1. The van der Waals surface area contributed by atoms with Crippen molar-refractivity contribution in [3.05, 3.63) is 40.8 Å². The van der Waals surface area contributed by atoms with Crippen molar-refractivity contribution in [1.82, 2.24) is 0 Å². The molecule has 12 heteroatoms. The summed E-state index contributed by atoms with van der Waals surface area (Å²) in [7, 11) is 0. The summed E-state index contributed by atoms with van der Waals surface area (Å²) in [5, 5.41) is 0.624. The van der Waals surface area contributed by atoms with Crippen molar-refractivity contribution in [2.75, 3.05) is 6.61 Å². The van der Waals surface area contributed by atoms with Gasteiger partial charge in [0, 0.05) is 45.2 Å². The quantitative estimate of drug-likeness (QED) is 0.310. The van der Waals surface area contributed by atoms with Gasteiger partial charge in [-0.2, -0.15) is 0 Å². The van der Waals surface area contributed by atoms with Gasteiger partial charge in [-0.15, -0.1) is 0 Å². The zero-order valence-corrected chi connectivity index (χ0v) is 19.4. The molecule has 188 valence electrons. The average Bonchev–Trinajstić information content (AvgIpc) is 2.75. The fourth-order valence-electron chi connectivity index (χ4n) is 3.53. The lowest BCUT2D eigenvalue weighted by Gasteiger charge is -2.43. The summed E-state index contributed by atoms with van der Waals surface area (Å²) in [4.78, 5) is 58.5. The molecule has 1 aromatic carbocycles. The van der Waals surface area contributed by atoms with E-state index in [0.717, 1.165) is 20.8 Å². The van der Waals surface area contributed by atoms with Gasteiger partial charge in [0.05, 0.1) is 0 Å². The van der Waals surface area contributed by atoms with Gasteiger partial charge in [-0.1, -0.05) is 0 Å². The van der Waals surface area contributed by atoms with E-state index >= 15 is 0 Å². The molecule has 35 heavy (non-hydrogen) atoms.